The van der Waals surface area contributed by atoms with Crippen molar-refractivity contribution in [2.45, 2.75) is 25.8 Å². The zero-order valence-corrected chi connectivity index (χ0v) is 14.1. The monoisotopic (exact) mass is 331 g/mol. The molecule has 2 aromatic heterocycles. The molecule has 0 radical (unpaired) electrons. The molecule has 0 bridgehead atoms. The fourth-order valence-electron chi connectivity index (χ4n) is 3.41. The van der Waals surface area contributed by atoms with E-state index in [1.807, 2.05) is 70.2 Å². The van der Waals surface area contributed by atoms with Crippen LogP contribution in [0.2, 0.25) is 0 Å². The zero-order valence-electron chi connectivity index (χ0n) is 14.1. The molecule has 0 saturated carbocycles. The van der Waals surface area contributed by atoms with Crippen LogP contribution < -0.4 is 4.90 Å². The summed E-state index contributed by atoms with van der Waals surface area (Å²) in [5.41, 5.74) is 2.85. The van der Waals surface area contributed by atoms with Gasteiger partial charge in [-0.1, -0.05) is 36.4 Å². The van der Waals surface area contributed by atoms with Crippen LogP contribution in [0.15, 0.2) is 73.1 Å². The Hall–Kier alpha value is -2.88. The molecule has 0 fully saturated rings. The molecule has 1 atom stereocenters. The van der Waals surface area contributed by atoms with Crippen LogP contribution in [0.5, 0.6) is 0 Å². The van der Waals surface area contributed by atoms with E-state index >= 15 is 0 Å². The molecule has 1 aliphatic rings. The highest BCUT2D eigenvalue weighted by Gasteiger charge is 2.26. The van der Waals surface area contributed by atoms with Crippen molar-refractivity contribution in [3.8, 4) is 0 Å². The van der Waals surface area contributed by atoms with Gasteiger partial charge in [0.05, 0.1) is 18.4 Å². The Balaban J connectivity index is 1.68. The third-order valence-electron chi connectivity index (χ3n) is 4.77. The number of hydrogen-bond acceptors (Lipinski definition) is 2. The molecular weight excluding hydrogens is 310 g/mol. The highest BCUT2D eigenvalue weighted by Crippen LogP contribution is 2.26. The Morgan fingerprint density at radius 1 is 1.12 bits per heavy atom. The molecule has 1 amide bonds. The van der Waals surface area contributed by atoms with Gasteiger partial charge in [-0.25, -0.2) is 4.98 Å². The first kappa shape index (κ1) is 15.6. The third kappa shape index (κ3) is 3.20. The van der Waals surface area contributed by atoms with Crippen molar-refractivity contribution in [2.24, 2.45) is 5.92 Å². The van der Waals surface area contributed by atoms with Crippen LogP contribution in [0.3, 0.4) is 0 Å². The average Bonchev–Trinajstić information content (AvgIpc) is 3.10. The van der Waals surface area contributed by atoms with Crippen LogP contribution in [0, 0.1) is 5.92 Å². The maximum absolute atomic E-state index is 13.2. The lowest BCUT2D eigenvalue weighted by Crippen LogP contribution is -2.36. The Morgan fingerprint density at radius 2 is 1.96 bits per heavy atom. The van der Waals surface area contributed by atoms with Crippen molar-refractivity contribution < 1.29 is 4.79 Å². The number of benzene rings is 1. The van der Waals surface area contributed by atoms with Crippen LogP contribution in [0.25, 0.3) is 5.65 Å². The minimum absolute atomic E-state index is 0.0596. The Morgan fingerprint density at radius 3 is 2.76 bits per heavy atom. The molecule has 25 heavy (non-hydrogen) atoms. The molecular formula is C21H21N3O. The van der Waals surface area contributed by atoms with Gasteiger partial charge in [0.25, 0.3) is 0 Å². The normalized spacial score (nSPS) is 16.9. The molecule has 1 aromatic carbocycles. The number of nitrogens with zero attached hydrogens (tertiary/aromatic N) is 3. The highest BCUT2D eigenvalue weighted by molar-refractivity contribution is 5.95. The minimum atomic E-state index is 0.0596. The Kier molecular flexibility index (Phi) is 4.34. The number of fused-ring (bicyclic) bond motifs is 1. The first-order valence-corrected chi connectivity index (χ1v) is 8.75. The number of amides is 1. The molecule has 3 aromatic rings. The topological polar surface area (TPSA) is 37.6 Å². The van der Waals surface area contributed by atoms with Crippen LogP contribution in [0.1, 0.15) is 25.0 Å². The lowest BCUT2D eigenvalue weighted by molar-refractivity contribution is -0.122. The van der Waals surface area contributed by atoms with Crippen molar-refractivity contribution in [3.63, 3.8) is 0 Å². The summed E-state index contributed by atoms with van der Waals surface area (Å²) < 4.78 is 2.05. The molecule has 1 aliphatic carbocycles. The van der Waals surface area contributed by atoms with E-state index < -0.39 is 0 Å². The number of anilines is 1. The summed E-state index contributed by atoms with van der Waals surface area (Å²) in [4.78, 5) is 19.6. The van der Waals surface area contributed by atoms with Gasteiger partial charge in [-0.2, -0.15) is 0 Å². The number of pyridine rings is 1. The van der Waals surface area contributed by atoms with Gasteiger partial charge in [-0.05, 0) is 43.5 Å². The van der Waals surface area contributed by atoms with Gasteiger partial charge in [0.2, 0.25) is 5.91 Å². The molecule has 2 heterocycles. The summed E-state index contributed by atoms with van der Waals surface area (Å²) in [5, 5.41) is 0. The van der Waals surface area contributed by atoms with Gasteiger partial charge in [-0.15, -0.1) is 0 Å². The van der Waals surface area contributed by atoms with Crippen LogP contribution in [-0.2, 0) is 11.3 Å². The summed E-state index contributed by atoms with van der Waals surface area (Å²) in [6.45, 7) is 0.522. The maximum Gasteiger partial charge on any atom is 0.230 e. The summed E-state index contributed by atoms with van der Waals surface area (Å²) in [7, 11) is 0. The van der Waals surface area contributed by atoms with E-state index in [0.29, 0.717) is 6.54 Å². The van der Waals surface area contributed by atoms with E-state index in [4.69, 9.17) is 0 Å². The number of para-hydroxylation sites is 1. The third-order valence-corrected chi connectivity index (χ3v) is 4.77. The van der Waals surface area contributed by atoms with Crippen LogP contribution >= 0.6 is 0 Å². The van der Waals surface area contributed by atoms with E-state index in [1.54, 1.807) is 0 Å². The average molecular weight is 331 g/mol. The van der Waals surface area contributed by atoms with Crippen molar-refractivity contribution in [3.05, 3.63) is 78.8 Å². The van der Waals surface area contributed by atoms with Crippen molar-refractivity contribution in [2.75, 3.05) is 4.90 Å². The quantitative estimate of drug-likeness (QED) is 0.671. The largest absolute Gasteiger partial charge is 0.306 e. The van der Waals surface area contributed by atoms with Gasteiger partial charge >= 0.3 is 0 Å². The molecule has 126 valence electrons. The molecule has 4 nitrogen and oxygen atoms in total. The Labute approximate surface area is 147 Å². The van der Waals surface area contributed by atoms with Crippen molar-refractivity contribution in [1.29, 1.82) is 0 Å². The predicted molar refractivity (Wildman–Crippen MR) is 99.3 cm³/mol. The second-order valence-electron chi connectivity index (χ2n) is 6.42. The summed E-state index contributed by atoms with van der Waals surface area (Å²) in [6, 6.07) is 15.9. The summed E-state index contributed by atoms with van der Waals surface area (Å²) in [5.74, 6) is 0.255. The number of carbonyl (C=O) groups is 1. The van der Waals surface area contributed by atoms with E-state index in [-0.39, 0.29) is 11.8 Å². The van der Waals surface area contributed by atoms with Crippen LogP contribution in [-0.4, -0.2) is 15.3 Å². The standard InChI is InChI=1S/C21H21N3O/c25-21(17-9-3-1-4-10-17)24(18-11-5-2-6-12-18)16-19-15-22-20-13-7-8-14-23(19)20/h1-3,5-8,11-15,17H,4,9-10,16H2. The number of aromatic nitrogens is 2. The van der Waals surface area contributed by atoms with Crippen LogP contribution in [0.4, 0.5) is 5.69 Å². The van der Waals surface area contributed by atoms with E-state index in [9.17, 15) is 4.79 Å². The van der Waals surface area contributed by atoms with Crippen molar-refractivity contribution >= 4 is 17.2 Å². The summed E-state index contributed by atoms with van der Waals surface area (Å²) in [6.07, 6.45) is 10.9. The van der Waals surface area contributed by atoms with E-state index in [1.165, 1.54) is 0 Å². The van der Waals surface area contributed by atoms with Gasteiger partial charge in [0.1, 0.15) is 5.65 Å². The Bertz CT molecular complexity index is 898. The SMILES string of the molecule is O=C(C1CC=CCC1)N(Cc1cnc2ccccn12)c1ccccc1. The second-order valence-corrected chi connectivity index (χ2v) is 6.42. The first-order valence-electron chi connectivity index (χ1n) is 8.75. The smallest absolute Gasteiger partial charge is 0.230 e. The van der Waals surface area contributed by atoms with Gasteiger partial charge in [-0.3, -0.25) is 4.79 Å². The second kappa shape index (κ2) is 6.93. The molecule has 1 unspecified atom stereocenters. The van der Waals surface area contributed by atoms with Gasteiger partial charge in [0.15, 0.2) is 0 Å². The number of rotatable bonds is 4. The first-order chi connectivity index (χ1) is 12.3. The lowest BCUT2D eigenvalue weighted by atomic mass is 9.93. The lowest BCUT2D eigenvalue weighted by Gasteiger charge is -2.28. The van der Waals surface area contributed by atoms with E-state index in [0.717, 1.165) is 36.3 Å². The fraction of sp³-hybridized carbons (Fsp3) is 0.238. The minimum Gasteiger partial charge on any atom is -0.306 e. The highest BCUT2D eigenvalue weighted by atomic mass is 16.2. The fourth-order valence-corrected chi connectivity index (χ4v) is 3.41. The maximum atomic E-state index is 13.2. The number of imidazole rings is 1. The number of hydrogen-bond donors (Lipinski definition) is 0. The van der Waals surface area contributed by atoms with Gasteiger partial charge in [0, 0.05) is 17.8 Å². The predicted octanol–water partition coefficient (Wildman–Crippen LogP) is 4.22. The number of carbonyl (C=O) groups excluding carboxylic acids is 1. The van der Waals surface area contributed by atoms with Gasteiger partial charge < -0.3 is 9.30 Å². The molecule has 4 rings (SSSR count). The zero-order chi connectivity index (χ0) is 17.1. The molecule has 0 spiro atoms. The number of allylic oxidation sites excluding steroid dienone is 2. The molecule has 4 heteroatoms. The van der Waals surface area contributed by atoms with Crippen molar-refractivity contribution in [1.82, 2.24) is 9.38 Å². The molecule has 0 N–H and O–H groups in total. The summed E-state index contributed by atoms with van der Waals surface area (Å²) >= 11 is 0. The molecule has 0 aliphatic heterocycles. The van der Waals surface area contributed by atoms with E-state index in [2.05, 4.69) is 17.1 Å². The molecule has 0 saturated heterocycles.